The fraction of sp³-hybridized carbons (Fsp3) is 0.286. The molecule has 1 amide bonds. The van der Waals surface area contributed by atoms with Gasteiger partial charge in [0, 0.05) is 12.6 Å². The SMILES string of the molecule is CN(C)C(CNC(=O)/C=C/c1cc(Cl)c2c(c1)OCCO2)c1cccc(F)c1. The molecule has 1 aliphatic rings. The Morgan fingerprint density at radius 1 is 1.29 bits per heavy atom. The first-order valence-corrected chi connectivity index (χ1v) is 9.29. The molecule has 5 nitrogen and oxygen atoms in total. The van der Waals surface area contributed by atoms with E-state index in [2.05, 4.69) is 5.32 Å². The minimum atomic E-state index is -0.300. The number of rotatable bonds is 6. The van der Waals surface area contributed by atoms with E-state index >= 15 is 0 Å². The Balaban J connectivity index is 1.64. The molecule has 148 valence electrons. The van der Waals surface area contributed by atoms with Gasteiger partial charge in [0.05, 0.1) is 11.1 Å². The molecule has 1 unspecified atom stereocenters. The van der Waals surface area contributed by atoms with Crippen molar-refractivity contribution in [3.8, 4) is 11.5 Å². The molecular formula is C21H22ClFN2O3. The van der Waals surface area contributed by atoms with Crippen LogP contribution in [-0.4, -0.2) is 44.7 Å². The first-order chi connectivity index (χ1) is 13.4. The number of benzene rings is 2. The molecule has 0 aromatic heterocycles. The van der Waals surface area contributed by atoms with Gasteiger partial charge in [-0.15, -0.1) is 0 Å². The standard InChI is InChI=1S/C21H22ClFN2O3/c1-25(2)18(15-4-3-5-16(23)12-15)13-24-20(26)7-6-14-10-17(22)21-19(11-14)27-8-9-28-21/h3-7,10-12,18H,8-9,13H2,1-2H3,(H,24,26)/b7-6+. The van der Waals surface area contributed by atoms with Gasteiger partial charge in [-0.3, -0.25) is 4.79 Å². The quantitative estimate of drug-likeness (QED) is 0.746. The van der Waals surface area contributed by atoms with Gasteiger partial charge in [-0.2, -0.15) is 0 Å². The number of nitrogens with zero attached hydrogens (tertiary/aromatic N) is 1. The molecule has 7 heteroatoms. The topological polar surface area (TPSA) is 50.8 Å². The van der Waals surface area contributed by atoms with Crippen LogP contribution >= 0.6 is 11.6 Å². The first kappa shape index (κ1) is 20.2. The molecule has 3 rings (SSSR count). The van der Waals surface area contributed by atoms with Gasteiger partial charge in [0.25, 0.3) is 0 Å². The fourth-order valence-corrected chi connectivity index (χ4v) is 3.24. The molecule has 0 fully saturated rings. The maximum atomic E-state index is 13.5. The summed E-state index contributed by atoms with van der Waals surface area (Å²) < 4.78 is 24.5. The monoisotopic (exact) mass is 404 g/mol. The molecule has 1 N–H and O–H groups in total. The minimum absolute atomic E-state index is 0.142. The third kappa shape index (κ3) is 5.03. The number of ether oxygens (including phenoxy) is 2. The van der Waals surface area contributed by atoms with Gasteiger partial charge in [0.15, 0.2) is 11.5 Å². The van der Waals surface area contributed by atoms with Gasteiger partial charge in [0.2, 0.25) is 5.91 Å². The number of carbonyl (C=O) groups is 1. The highest BCUT2D eigenvalue weighted by molar-refractivity contribution is 6.32. The Hall–Kier alpha value is -2.57. The number of likely N-dealkylation sites (N-methyl/N-ethyl adjacent to an activating group) is 1. The van der Waals surface area contributed by atoms with E-state index in [1.807, 2.05) is 25.1 Å². The number of amides is 1. The van der Waals surface area contributed by atoms with Crippen molar-refractivity contribution >= 4 is 23.6 Å². The van der Waals surface area contributed by atoms with E-state index in [1.54, 1.807) is 24.3 Å². The molecule has 0 aliphatic carbocycles. The second-order valence-corrected chi connectivity index (χ2v) is 7.05. The second kappa shape index (κ2) is 9.08. The van der Waals surface area contributed by atoms with E-state index < -0.39 is 0 Å². The summed E-state index contributed by atoms with van der Waals surface area (Å²) in [6.07, 6.45) is 3.09. The smallest absolute Gasteiger partial charge is 0.244 e. The number of nitrogens with one attached hydrogen (secondary N) is 1. The van der Waals surface area contributed by atoms with Gasteiger partial charge in [-0.05, 0) is 55.6 Å². The molecule has 0 saturated carbocycles. The summed E-state index contributed by atoms with van der Waals surface area (Å²) in [7, 11) is 3.77. The molecule has 1 atom stereocenters. The average molecular weight is 405 g/mol. The lowest BCUT2D eigenvalue weighted by Gasteiger charge is -2.25. The molecule has 1 aliphatic heterocycles. The third-order valence-electron chi connectivity index (χ3n) is 4.37. The van der Waals surface area contributed by atoms with Crippen LogP contribution in [0, 0.1) is 5.82 Å². The Kier molecular flexibility index (Phi) is 6.54. The maximum absolute atomic E-state index is 13.5. The zero-order valence-corrected chi connectivity index (χ0v) is 16.5. The van der Waals surface area contributed by atoms with Crippen LogP contribution in [-0.2, 0) is 4.79 Å². The molecule has 0 spiro atoms. The van der Waals surface area contributed by atoms with E-state index in [9.17, 15) is 9.18 Å². The Morgan fingerprint density at radius 3 is 2.82 bits per heavy atom. The van der Waals surface area contributed by atoms with E-state index in [-0.39, 0.29) is 17.8 Å². The van der Waals surface area contributed by atoms with Gasteiger partial charge in [-0.25, -0.2) is 4.39 Å². The van der Waals surface area contributed by atoms with E-state index in [0.717, 1.165) is 11.1 Å². The summed E-state index contributed by atoms with van der Waals surface area (Å²) in [4.78, 5) is 14.2. The maximum Gasteiger partial charge on any atom is 0.244 e. The largest absolute Gasteiger partial charge is 0.486 e. The number of hydrogen-bond acceptors (Lipinski definition) is 4. The van der Waals surface area contributed by atoms with E-state index in [1.165, 1.54) is 18.2 Å². The molecule has 1 heterocycles. The molecule has 2 aromatic rings. The van der Waals surface area contributed by atoms with Crippen molar-refractivity contribution in [3.63, 3.8) is 0 Å². The molecule has 0 saturated heterocycles. The van der Waals surface area contributed by atoms with Crippen molar-refractivity contribution in [2.45, 2.75) is 6.04 Å². The van der Waals surface area contributed by atoms with Crippen LogP contribution in [0.3, 0.4) is 0 Å². The van der Waals surface area contributed by atoms with Gasteiger partial charge >= 0.3 is 0 Å². The summed E-state index contributed by atoms with van der Waals surface area (Å²) in [6.45, 7) is 1.27. The molecule has 28 heavy (non-hydrogen) atoms. The minimum Gasteiger partial charge on any atom is -0.486 e. The zero-order chi connectivity index (χ0) is 20.1. The Bertz CT molecular complexity index is 886. The van der Waals surface area contributed by atoms with Gasteiger partial charge < -0.3 is 19.7 Å². The number of carbonyl (C=O) groups excluding carboxylic acids is 1. The van der Waals surface area contributed by atoms with Crippen LogP contribution in [0.1, 0.15) is 17.2 Å². The third-order valence-corrected chi connectivity index (χ3v) is 4.65. The number of halogens is 2. The lowest BCUT2D eigenvalue weighted by atomic mass is 10.1. The van der Waals surface area contributed by atoms with Crippen molar-refractivity contribution in [2.75, 3.05) is 33.9 Å². The van der Waals surface area contributed by atoms with Crippen molar-refractivity contribution in [1.29, 1.82) is 0 Å². The van der Waals surface area contributed by atoms with Crippen LogP contribution in [0.4, 0.5) is 4.39 Å². The van der Waals surface area contributed by atoms with Crippen molar-refractivity contribution in [1.82, 2.24) is 10.2 Å². The van der Waals surface area contributed by atoms with Crippen LogP contribution in [0.15, 0.2) is 42.5 Å². The Morgan fingerprint density at radius 2 is 2.07 bits per heavy atom. The summed E-state index contributed by atoms with van der Waals surface area (Å²) in [5, 5.41) is 3.29. The fourth-order valence-electron chi connectivity index (χ4n) is 2.97. The van der Waals surface area contributed by atoms with Crippen LogP contribution in [0.2, 0.25) is 5.02 Å². The van der Waals surface area contributed by atoms with Gasteiger partial charge in [-0.1, -0.05) is 23.7 Å². The average Bonchev–Trinajstić information content (AvgIpc) is 2.66. The summed E-state index contributed by atoms with van der Waals surface area (Å²) in [5.74, 6) is 0.538. The zero-order valence-electron chi connectivity index (χ0n) is 15.7. The van der Waals surface area contributed by atoms with Crippen molar-refractivity contribution < 1.29 is 18.7 Å². The molecule has 0 radical (unpaired) electrons. The van der Waals surface area contributed by atoms with Gasteiger partial charge in [0.1, 0.15) is 19.0 Å². The first-order valence-electron chi connectivity index (χ1n) is 8.91. The molecule has 0 bridgehead atoms. The highest BCUT2D eigenvalue weighted by atomic mass is 35.5. The second-order valence-electron chi connectivity index (χ2n) is 6.64. The lowest BCUT2D eigenvalue weighted by Crippen LogP contribution is -2.33. The highest BCUT2D eigenvalue weighted by Gasteiger charge is 2.17. The van der Waals surface area contributed by atoms with Crippen molar-refractivity contribution in [3.05, 3.63) is 64.4 Å². The number of hydrogen-bond donors (Lipinski definition) is 1. The Labute approximate surface area is 168 Å². The van der Waals surface area contributed by atoms with Crippen molar-refractivity contribution in [2.24, 2.45) is 0 Å². The van der Waals surface area contributed by atoms with E-state index in [0.29, 0.717) is 36.3 Å². The summed E-state index contributed by atoms with van der Waals surface area (Å²) in [6, 6.07) is 9.73. The number of fused-ring (bicyclic) bond motifs is 1. The van der Waals surface area contributed by atoms with Crippen LogP contribution in [0.5, 0.6) is 11.5 Å². The molecular weight excluding hydrogens is 383 g/mol. The predicted octanol–water partition coefficient (Wildman–Crippen LogP) is 3.68. The summed E-state index contributed by atoms with van der Waals surface area (Å²) in [5.41, 5.74) is 1.53. The van der Waals surface area contributed by atoms with E-state index in [4.69, 9.17) is 21.1 Å². The van der Waals surface area contributed by atoms with Crippen LogP contribution in [0.25, 0.3) is 6.08 Å². The highest BCUT2D eigenvalue weighted by Crippen LogP contribution is 2.38. The molecule has 2 aromatic carbocycles. The predicted molar refractivity (Wildman–Crippen MR) is 107 cm³/mol. The van der Waals surface area contributed by atoms with Crippen LogP contribution < -0.4 is 14.8 Å². The normalized spacial score (nSPS) is 14.3. The summed E-state index contributed by atoms with van der Waals surface area (Å²) >= 11 is 6.21. The lowest BCUT2D eigenvalue weighted by molar-refractivity contribution is -0.116.